The molecule has 0 spiro atoms. The minimum atomic E-state index is -4.91. The average molecular weight is 383 g/mol. The first-order chi connectivity index (χ1) is 11.2. The highest BCUT2D eigenvalue weighted by molar-refractivity contribution is 8.06. The van der Waals surface area contributed by atoms with Crippen LogP contribution in [0.5, 0.6) is 0 Å². The van der Waals surface area contributed by atoms with Crippen molar-refractivity contribution < 1.29 is 23.0 Å². The lowest BCUT2D eigenvalue weighted by Crippen LogP contribution is -2.24. The summed E-state index contributed by atoms with van der Waals surface area (Å²) in [6, 6.07) is 0.635. The highest BCUT2D eigenvalue weighted by Gasteiger charge is 2.37. The molecule has 1 aliphatic heterocycles. The lowest BCUT2D eigenvalue weighted by Gasteiger charge is -2.21. The summed E-state index contributed by atoms with van der Waals surface area (Å²) < 4.78 is 38.4. The number of alkyl halides is 3. The summed E-state index contributed by atoms with van der Waals surface area (Å²) in [6.45, 7) is 0.199. The standard InChI is InChI=1S/C12H12F3N3O4S2/c13-12(14,15)7-3-9(17(19)20)11(10(4-7)18(21)22)16-5-8-6-23-1-2-24-8/h3-4,8,16H,1-2,5-6H2. The molecule has 132 valence electrons. The van der Waals surface area contributed by atoms with Gasteiger partial charge in [-0.1, -0.05) is 0 Å². The maximum Gasteiger partial charge on any atom is 0.416 e. The van der Waals surface area contributed by atoms with Gasteiger partial charge in [-0.25, -0.2) is 0 Å². The Balaban J connectivity index is 2.39. The predicted molar refractivity (Wildman–Crippen MR) is 86.8 cm³/mol. The van der Waals surface area contributed by atoms with Crippen molar-refractivity contribution in [3.63, 3.8) is 0 Å². The van der Waals surface area contributed by atoms with Gasteiger partial charge in [-0.05, 0) is 0 Å². The summed E-state index contributed by atoms with van der Waals surface area (Å²) in [5.41, 5.74) is -3.82. The molecule has 1 aromatic rings. The second kappa shape index (κ2) is 7.47. The van der Waals surface area contributed by atoms with Crippen LogP contribution < -0.4 is 5.32 Å². The lowest BCUT2D eigenvalue weighted by molar-refractivity contribution is -0.392. The van der Waals surface area contributed by atoms with Gasteiger partial charge >= 0.3 is 6.18 Å². The second-order valence-electron chi connectivity index (χ2n) is 4.85. The molecule has 1 aromatic carbocycles. The van der Waals surface area contributed by atoms with Gasteiger partial charge in [-0.3, -0.25) is 20.2 Å². The van der Waals surface area contributed by atoms with Gasteiger partial charge in [0.1, 0.15) is 0 Å². The minimum Gasteiger partial charge on any atom is -0.373 e. The van der Waals surface area contributed by atoms with Crippen molar-refractivity contribution in [1.82, 2.24) is 0 Å². The molecule has 1 atom stereocenters. The summed E-state index contributed by atoms with van der Waals surface area (Å²) in [4.78, 5) is 20.1. The van der Waals surface area contributed by atoms with Crippen molar-refractivity contribution in [3.05, 3.63) is 37.9 Å². The number of halogens is 3. The van der Waals surface area contributed by atoms with Crippen LogP contribution >= 0.6 is 23.5 Å². The molecule has 0 amide bonds. The van der Waals surface area contributed by atoms with Crippen molar-refractivity contribution in [2.45, 2.75) is 11.4 Å². The third-order valence-corrected chi connectivity index (χ3v) is 6.05. The van der Waals surface area contributed by atoms with Gasteiger partial charge in [0.15, 0.2) is 5.69 Å². The van der Waals surface area contributed by atoms with Gasteiger partial charge in [0, 0.05) is 41.2 Å². The highest BCUT2D eigenvalue weighted by atomic mass is 32.2. The molecule has 1 fully saturated rings. The summed E-state index contributed by atoms with van der Waals surface area (Å²) in [5.74, 6) is 2.62. The van der Waals surface area contributed by atoms with E-state index < -0.39 is 38.6 Å². The van der Waals surface area contributed by atoms with Gasteiger partial charge in [0.2, 0.25) is 0 Å². The Morgan fingerprint density at radius 1 is 1.17 bits per heavy atom. The minimum absolute atomic E-state index is 0.0743. The van der Waals surface area contributed by atoms with Crippen molar-refractivity contribution in [2.75, 3.05) is 29.1 Å². The Bertz CT molecular complexity index is 616. The number of benzene rings is 1. The quantitative estimate of drug-likeness (QED) is 0.610. The van der Waals surface area contributed by atoms with Crippen LogP contribution in [0.15, 0.2) is 12.1 Å². The fourth-order valence-corrected chi connectivity index (χ4v) is 4.73. The number of hydrogen-bond donors (Lipinski definition) is 1. The number of rotatable bonds is 5. The maximum atomic E-state index is 12.8. The Hall–Kier alpha value is -1.69. The third kappa shape index (κ3) is 4.44. The monoisotopic (exact) mass is 383 g/mol. The molecule has 12 heteroatoms. The van der Waals surface area contributed by atoms with E-state index >= 15 is 0 Å². The highest BCUT2D eigenvalue weighted by Crippen LogP contribution is 2.41. The number of nitrogens with one attached hydrogen (secondary N) is 1. The zero-order chi connectivity index (χ0) is 17.9. The van der Waals surface area contributed by atoms with Crippen LogP contribution in [0.3, 0.4) is 0 Å². The van der Waals surface area contributed by atoms with Crippen LogP contribution in [-0.4, -0.2) is 38.9 Å². The molecule has 1 aliphatic rings. The van der Waals surface area contributed by atoms with Crippen molar-refractivity contribution in [3.8, 4) is 0 Å². The van der Waals surface area contributed by atoms with Gasteiger partial charge < -0.3 is 5.32 Å². The summed E-state index contributed by atoms with van der Waals surface area (Å²) in [7, 11) is 0. The van der Waals surface area contributed by atoms with E-state index in [9.17, 15) is 33.4 Å². The molecule has 0 aromatic heterocycles. The fraction of sp³-hybridized carbons (Fsp3) is 0.500. The van der Waals surface area contributed by atoms with E-state index in [2.05, 4.69) is 5.32 Å². The number of anilines is 1. The largest absolute Gasteiger partial charge is 0.416 e. The smallest absolute Gasteiger partial charge is 0.373 e. The van der Waals surface area contributed by atoms with Gasteiger partial charge in [-0.2, -0.15) is 36.7 Å². The van der Waals surface area contributed by atoms with E-state index in [-0.39, 0.29) is 11.8 Å². The van der Waals surface area contributed by atoms with E-state index in [1.54, 1.807) is 23.5 Å². The van der Waals surface area contributed by atoms with Crippen LogP contribution in [0.25, 0.3) is 0 Å². The SMILES string of the molecule is O=[N+]([O-])c1cc(C(F)(F)F)cc([N+](=O)[O-])c1NCC1CSCCS1. The van der Waals surface area contributed by atoms with Crippen molar-refractivity contribution in [2.24, 2.45) is 0 Å². The Morgan fingerprint density at radius 2 is 1.75 bits per heavy atom. The fourth-order valence-electron chi connectivity index (χ4n) is 2.11. The molecular formula is C12H12F3N3O4S2. The van der Waals surface area contributed by atoms with E-state index in [0.29, 0.717) is 12.1 Å². The van der Waals surface area contributed by atoms with Crippen LogP contribution in [0.2, 0.25) is 0 Å². The van der Waals surface area contributed by atoms with E-state index in [0.717, 1.165) is 17.3 Å². The van der Waals surface area contributed by atoms with Crippen LogP contribution in [0, 0.1) is 20.2 Å². The molecule has 0 bridgehead atoms. The molecule has 0 aliphatic carbocycles. The third-order valence-electron chi connectivity index (χ3n) is 3.21. The molecular weight excluding hydrogens is 371 g/mol. The zero-order valence-corrected chi connectivity index (χ0v) is 13.7. The number of thioether (sulfide) groups is 2. The van der Waals surface area contributed by atoms with E-state index in [1.807, 2.05) is 0 Å². The topological polar surface area (TPSA) is 98.3 Å². The van der Waals surface area contributed by atoms with Crippen LogP contribution in [0.1, 0.15) is 5.56 Å². The Kier molecular flexibility index (Phi) is 5.80. The Morgan fingerprint density at radius 3 is 2.17 bits per heavy atom. The molecule has 7 nitrogen and oxygen atoms in total. The Labute approximate surface area is 142 Å². The molecule has 1 heterocycles. The van der Waals surface area contributed by atoms with Crippen LogP contribution in [-0.2, 0) is 6.18 Å². The molecule has 1 N–H and O–H groups in total. The summed E-state index contributed by atoms with van der Waals surface area (Å²) in [6.07, 6.45) is -4.91. The molecule has 0 radical (unpaired) electrons. The number of hydrogen-bond acceptors (Lipinski definition) is 7. The molecule has 2 rings (SSSR count). The first-order valence-corrected chi connectivity index (χ1v) is 8.87. The number of nitro groups is 2. The first kappa shape index (κ1) is 18.6. The zero-order valence-electron chi connectivity index (χ0n) is 12.0. The van der Waals surface area contributed by atoms with Crippen molar-refractivity contribution in [1.29, 1.82) is 0 Å². The summed E-state index contributed by atoms with van der Waals surface area (Å²) >= 11 is 3.30. The van der Waals surface area contributed by atoms with Gasteiger partial charge in [0.25, 0.3) is 11.4 Å². The number of nitro benzene ring substituents is 2. The molecule has 1 saturated heterocycles. The number of nitrogens with zero attached hydrogens (tertiary/aromatic N) is 2. The first-order valence-electron chi connectivity index (χ1n) is 6.67. The van der Waals surface area contributed by atoms with Gasteiger partial charge in [-0.15, -0.1) is 0 Å². The maximum absolute atomic E-state index is 12.8. The normalized spacial score (nSPS) is 18.2. The predicted octanol–water partition coefficient (Wildman–Crippen LogP) is 3.78. The average Bonchev–Trinajstić information content (AvgIpc) is 2.51. The second-order valence-corrected chi connectivity index (χ2v) is 7.41. The molecule has 24 heavy (non-hydrogen) atoms. The summed E-state index contributed by atoms with van der Waals surface area (Å²) in [5, 5.41) is 24.9. The molecule has 0 saturated carbocycles. The van der Waals surface area contributed by atoms with Gasteiger partial charge in [0.05, 0.1) is 15.4 Å². The van der Waals surface area contributed by atoms with Crippen LogP contribution in [0.4, 0.5) is 30.2 Å². The van der Waals surface area contributed by atoms with E-state index in [1.165, 1.54) is 0 Å². The molecule has 1 unspecified atom stereocenters. The van der Waals surface area contributed by atoms with Crippen molar-refractivity contribution >= 4 is 40.6 Å². The van der Waals surface area contributed by atoms with E-state index in [4.69, 9.17) is 0 Å². The lowest BCUT2D eigenvalue weighted by atomic mass is 10.1.